The molecule has 0 bridgehead atoms. The fourth-order valence-electron chi connectivity index (χ4n) is 16.0. The molecule has 544 valence electrons. The Hall–Kier alpha value is -6.48. The van der Waals surface area contributed by atoms with Crippen molar-refractivity contribution >= 4 is 99.2 Å². The predicted molar refractivity (Wildman–Crippen MR) is 336 cm³/mol. The van der Waals surface area contributed by atoms with E-state index in [1.807, 2.05) is 0 Å². The fourth-order valence-corrected chi connectivity index (χ4v) is 19.3. The first kappa shape index (κ1) is 71.9. The lowest BCUT2D eigenvalue weighted by atomic mass is 10.0. The van der Waals surface area contributed by atoms with Gasteiger partial charge in [-0.1, -0.05) is 0 Å². The van der Waals surface area contributed by atoms with Crippen LogP contribution in [0.5, 0.6) is 0 Å². The predicted octanol–water partition coefficient (Wildman–Crippen LogP) is -3.56. The Balaban J connectivity index is 0.000000121. The van der Waals surface area contributed by atoms with Crippen LogP contribution in [0.25, 0.3) is 44.7 Å². The summed E-state index contributed by atoms with van der Waals surface area (Å²) in [5.74, 6) is 2.05. The molecule has 8 heterocycles. The quantitative estimate of drug-likeness (QED) is 0.0416. The first-order chi connectivity index (χ1) is 46.7. The largest absolute Gasteiger partial charge is 0.481 e. The number of phosphoric acid groups is 4. The van der Waals surface area contributed by atoms with Crippen LogP contribution in [0.2, 0.25) is 0 Å². The van der Waals surface area contributed by atoms with Crippen molar-refractivity contribution in [2.45, 2.75) is 126 Å². The van der Waals surface area contributed by atoms with Crippen molar-refractivity contribution in [2.24, 2.45) is 45.3 Å². The van der Waals surface area contributed by atoms with E-state index in [9.17, 15) is 79.1 Å². The van der Waals surface area contributed by atoms with Gasteiger partial charge in [0.25, 0.3) is 0 Å². The van der Waals surface area contributed by atoms with Crippen molar-refractivity contribution in [3.8, 4) is 0 Å². The second kappa shape index (κ2) is 24.6. The smallest absolute Gasteiger partial charge is 0.396 e. The van der Waals surface area contributed by atoms with Crippen molar-refractivity contribution in [2.75, 3.05) is 49.4 Å². The highest BCUT2D eigenvalue weighted by molar-refractivity contribution is 7.61. The Morgan fingerprint density at radius 1 is 0.400 bits per heavy atom. The highest BCUT2D eigenvalue weighted by Crippen LogP contribution is 2.72. The number of phosphoric ester groups is 2. The van der Waals surface area contributed by atoms with Gasteiger partial charge in [-0.25, -0.2) is 78.1 Å². The fraction of sp³-hybridized carbons (Fsp3) is 0.615. The maximum Gasteiger partial charge on any atom is 0.481 e. The van der Waals surface area contributed by atoms with Crippen molar-refractivity contribution in [1.82, 2.24) is 78.1 Å². The standard InChI is InChI=1S/2C13H19N5O9P2.2C13H17N5O3/c2*1-5-16-11(14)7-12(17-5)18(4-15-7)8-6-2-13(6,10(20)9(8)19)3-26-29(24,25)27-28(21,22)23;2*1-5-16-11(14)7-12(17-5)18(4-15-7)8-6-2-13(6,3-19)10(21)9(8)20/h2*4,6,8-10,19-20H,2-3H2,1H3,(H,24,25)(H2,14,16,17)(H2,21,22,23);2*4,6,8-10,19-21H,2-3H2,1H3,(H2,14,16,17)/t4*6-,8-,9+,10+,13+/m1111/s1. The second-order valence-electron chi connectivity index (χ2n) is 26.7. The third-order valence-corrected chi connectivity index (χ3v) is 25.2. The summed E-state index contributed by atoms with van der Waals surface area (Å²) in [5, 5.41) is 102. The Kier molecular flexibility index (Phi) is 17.7. The summed E-state index contributed by atoms with van der Waals surface area (Å²) in [6, 6.07) is -2.06. The van der Waals surface area contributed by atoms with E-state index >= 15 is 0 Å². The number of hydrogen-bond acceptors (Lipinski definition) is 34. The molecule has 0 spiro atoms. The van der Waals surface area contributed by atoms with Crippen LogP contribution in [-0.2, 0) is 35.9 Å². The van der Waals surface area contributed by atoms with Gasteiger partial charge in [-0.05, 0) is 77.0 Å². The first-order valence-electron chi connectivity index (χ1n) is 30.7. The average molecular weight is 1490 g/mol. The molecule has 2 unspecified atom stereocenters. The first-order valence-corrected chi connectivity index (χ1v) is 36.7. The Morgan fingerprint density at radius 2 is 0.620 bits per heavy atom. The summed E-state index contributed by atoms with van der Waals surface area (Å²) in [6.45, 7) is 5.39. The van der Waals surface area contributed by atoms with E-state index in [1.54, 1.807) is 58.6 Å². The van der Waals surface area contributed by atoms with E-state index in [1.165, 1.54) is 12.7 Å². The van der Waals surface area contributed by atoms with E-state index in [2.05, 4.69) is 68.4 Å². The van der Waals surface area contributed by atoms with Gasteiger partial charge in [0.2, 0.25) is 0 Å². The molecule has 0 aliphatic heterocycles. The van der Waals surface area contributed by atoms with E-state index in [4.69, 9.17) is 51.6 Å². The number of rotatable bonds is 16. The molecule has 8 aromatic heterocycles. The summed E-state index contributed by atoms with van der Waals surface area (Å²) in [6.07, 6.45) is -0.983. The number of nitrogen functional groups attached to an aromatic ring is 4. The van der Waals surface area contributed by atoms with Crippen LogP contribution in [0, 0.1) is 73.0 Å². The molecule has 0 aromatic carbocycles. The zero-order valence-corrected chi connectivity index (χ0v) is 56.5. The number of aliphatic hydroxyl groups is 10. The maximum atomic E-state index is 11.7. The van der Waals surface area contributed by atoms with Crippen LogP contribution in [0.3, 0.4) is 0 Å². The molecular weight excluding hydrogens is 1410 g/mol. The van der Waals surface area contributed by atoms with Crippen molar-refractivity contribution in [1.29, 1.82) is 0 Å². The molecule has 48 heteroatoms. The molecular formula is C52H72N20O24P4. The van der Waals surface area contributed by atoms with Crippen molar-refractivity contribution in [3.05, 3.63) is 48.6 Å². The molecule has 0 amide bonds. The molecule has 8 aliphatic carbocycles. The molecule has 16 rings (SSSR count). The molecule has 44 nitrogen and oxygen atoms in total. The van der Waals surface area contributed by atoms with Gasteiger partial charge >= 0.3 is 31.3 Å². The van der Waals surface area contributed by atoms with E-state index in [0.29, 0.717) is 105 Å². The van der Waals surface area contributed by atoms with Crippen LogP contribution < -0.4 is 22.9 Å². The number of nitrogens with two attached hydrogens (primary N) is 4. The molecule has 100 heavy (non-hydrogen) atoms. The molecule has 8 saturated carbocycles. The summed E-state index contributed by atoms with van der Waals surface area (Å²) < 4.78 is 68.6. The van der Waals surface area contributed by atoms with Gasteiger partial charge in [-0.15, -0.1) is 0 Å². The van der Waals surface area contributed by atoms with Crippen LogP contribution >= 0.6 is 31.3 Å². The maximum absolute atomic E-state index is 11.7. The summed E-state index contributed by atoms with van der Waals surface area (Å²) in [7, 11) is -20.7. The highest BCUT2D eigenvalue weighted by Gasteiger charge is 2.75. The SMILES string of the molecule is Cc1nc(N)c2ncn([C@H]3[C@H](O)[C@H](O)[C@]4(CO)C[C@H]34)c2n1.Cc1nc(N)c2ncn([C@H]3[C@H](O)[C@H](O)[C@]4(CO)C[C@H]34)c2n1.Cc1nc(N)c2ncn([C@H]3[C@H](O)[C@H](O)[C@]4(COP(=O)(O)OP(=O)(O)O)C[C@H]34)c2n1.Cc1nc(N)c2ncn([C@H]3[C@H](O)[C@H](O)[C@]4(COP(=O)(O)OP(=O)(O)O)C[C@H]34)c2n1. The van der Waals surface area contributed by atoms with Gasteiger partial charge in [0, 0.05) is 21.7 Å². The molecule has 0 radical (unpaired) electrons. The van der Waals surface area contributed by atoms with Gasteiger partial charge in [0.1, 0.15) is 69.8 Å². The zero-order chi connectivity index (χ0) is 72.6. The number of hydrogen-bond donors (Lipinski definition) is 20. The van der Waals surface area contributed by atoms with Crippen LogP contribution in [-0.4, -0.2) is 234 Å². The zero-order valence-electron chi connectivity index (χ0n) is 52.9. The van der Waals surface area contributed by atoms with E-state index in [0.717, 1.165) is 0 Å². The second-order valence-corrected chi connectivity index (χ2v) is 32.4. The third-order valence-electron chi connectivity index (χ3n) is 20.9. The van der Waals surface area contributed by atoms with Gasteiger partial charge in [-0.3, -0.25) is 9.05 Å². The van der Waals surface area contributed by atoms with Gasteiger partial charge in [0.05, 0.1) is 100 Å². The molecule has 8 aliphatic rings. The van der Waals surface area contributed by atoms with E-state index < -0.39 is 127 Å². The van der Waals surface area contributed by atoms with Crippen LogP contribution in [0.1, 0.15) is 73.1 Å². The Morgan fingerprint density at radius 3 is 0.840 bits per heavy atom. The molecule has 8 aromatic rings. The lowest BCUT2D eigenvalue weighted by molar-refractivity contribution is -0.0301. The number of fused-ring (bicyclic) bond motifs is 8. The monoisotopic (exact) mass is 1480 g/mol. The number of aryl methyl sites for hydroxylation is 4. The Labute approximate surface area is 561 Å². The van der Waals surface area contributed by atoms with Gasteiger partial charge < -0.3 is 122 Å². The van der Waals surface area contributed by atoms with Crippen LogP contribution in [0.4, 0.5) is 23.3 Å². The number of aliphatic hydroxyl groups excluding tert-OH is 10. The van der Waals surface area contributed by atoms with Crippen molar-refractivity contribution < 1.29 is 116 Å². The number of nitrogens with zero attached hydrogens (tertiary/aromatic N) is 16. The lowest BCUT2D eigenvalue weighted by Crippen LogP contribution is -2.35. The molecule has 22 atom stereocenters. The van der Waals surface area contributed by atoms with E-state index in [-0.39, 0.29) is 60.6 Å². The topological polar surface area (TPSA) is 707 Å². The number of imidazole rings is 4. The molecule has 24 N–H and O–H groups in total. The minimum Gasteiger partial charge on any atom is -0.396 e. The van der Waals surface area contributed by atoms with Crippen LogP contribution in [0.15, 0.2) is 25.3 Å². The summed E-state index contributed by atoms with van der Waals surface area (Å²) in [4.78, 5) is 104. The third kappa shape index (κ3) is 12.0. The summed E-state index contributed by atoms with van der Waals surface area (Å²) in [5.41, 5.74) is 23.5. The minimum absolute atomic E-state index is 0.0152. The average Bonchev–Trinajstić information content (AvgIpc) is 1.54. The van der Waals surface area contributed by atoms with Gasteiger partial charge in [-0.2, -0.15) is 8.62 Å². The lowest BCUT2D eigenvalue weighted by Gasteiger charge is -2.24. The molecule has 0 saturated heterocycles. The number of aromatic nitrogens is 16. The highest BCUT2D eigenvalue weighted by atomic mass is 31.3. The van der Waals surface area contributed by atoms with Crippen molar-refractivity contribution in [3.63, 3.8) is 0 Å². The Bertz CT molecular complexity index is 4480. The molecule has 8 fully saturated rings. The van der Waals surface area contributed by atoms with Gasteiger partial charge in [0.15, 0.2) is 45.9 Å². The normalized spacial score (nSPS) is 35.4. The number of anilines is 4. The minimum atomic E-state index is -5.26. The summed E-state index contributed by atoms with van der Waals surface area (Å²) >= 11 is 0.